The molecule has 0 aromatic carbocycles. The summed E-state index contributed by atoms with van der Waals surface area (Å²) >= 11 is 1.60. The summed E-state index contributed by atoms with van der Waals surface area (Å²) in [4.78, 5) is 15.8. The third-order valence-corrected chi connectivity index (χ3v) is 2.07. The van der Waals surface area contributed by atoms with Gasteiger partial charge >= 0.3 is 0 Å². The van der Waals surface area contributed by atoms with Crippen molar-refractivity contribution in [2.75, 3.05) is 0 Å². The van der Waals surface area contributed by atoms with E-state index in [0.717, 1.165) is 5.01 Å². The van der Waals surface area contributed by atoms with Crippen LogP contribution in [0.4, 0.5) is 0 Å². The molecule has 0 aliphatic carbocycles. The molecule has 4 heteroatoms. The molecule has 60 valence electrons. The van der Waals surface area contributed by atoms with Crippen LogP contribution in [-0.4, -0.2) is 10.9 Å². The summed E-state index contributed by atoms with van der Waals surface area (Å²) < 4.78 is 0. The Morgan fingerprint density at radius 2 is 2.55 bits per heavy atom. The van der Waals surface area contributed by atoms with Crippen molar-refractivity contribution in [1.82, 2.24) is 10.3 Å². The molecule has 0 unspecified atom stereocenters. The van der Waals surface area contributed by atoms with Crippen molar-refractivity contribution in [3.05, 3.63) is 16.1 Å². The van der Waals surface area contributed by atoms with E-state index in [2.05, 4.69) is 10.3 Å². The zero-order chi connectivity index (χ0) is 8.27. The third-order valence-electron chi connectivity index (χ3n) is 1.16. The highest BCUT2D eigenvalue weighted by Crippen LogP contribution is 2.09. The largest absolute Gasteiger partial charge is 0.350 e. The number of amides is 1. The highest BCUT2D eigenvalue weighted by Gasteiger charge is 1.97. The standard InChI is InChI=1S/C7H10N2OS/c1-5-3-9-7(11-5)4-8-6(2)10/h3H,4H2,1-2H3,(H,8,10). The van der Waals surface area contributed by atoms with Gasteiger partial charge in [0.05, 0.1) is 6.54 Å². The molecule has 0 bridgehead atoms. The molecule has 0 saturated carbocycles. The summed E-state index contributed by atoms with van der Waals surface area (Å²) in [6.45, 7) is 4.04. The predicted octanol–water partition coefficient (Wildman–Crippen LogP) is 1.09. The average Bonchev–Trinajstić information content (AvgIpc) is 2.31. The summed E-state index contributed by atoms with van der Waals surface area (Å²) in [6.07, 6.45) is 1.81. The van der Waals surface area contributed by atoms with E-state index in [1.54, 1.807) is 11.3 Å². The van der Waals surface area contributed by atoms with Crippen LogP contribution in [-0.2, 0) is 11.3 Å². The highest BCUT2D eigenvalue weighted by molar-refractivity contribution is 7.11. The summed E-state index contributed by atoms with van der Waals surface area (Å²) in [7, 11) is 0. The van der Waals surface area contributed by atoms with Crippen LogP contribution in [0.2, 0.25) is 0 Å². The number of nitrogens with zero attached hydrogens (tertiary/aromatic N) is 1. The number of carbonyl (C=O) groups is 1. The van der Waals surface area contributed by atoms with Gasteiger partial charge in [0, 0.05) is 18.0 Å². The number of nitrogens with one attached hydrogen (secondary N) is 1. The van der Waals surface area contributed by atoms with Crippen LogP contribution in [0.5, 0.6) is 0 Å². The van der Waals surface area contributed by atoms with Crippen molar-refractivity contribution in [1.29, 1.82) is 0 Å². The smallest absolute Gasteiger partial charge is 0.217 e. The van der Waals surface area contributed by atoms with Gasteiger partial charge in [-0.15, -0.1) is 11.3 Å². The first-order valence-corrected chi connectivity index (χ1v) is 4.16. The molecule has 1 aromatic heterocycles. The van der Waals surface area contributed by atoms with Crippen molar-refractivity contribution >= 4 is 17.2 Å². The summed E-state index contributed by atoms with van der Waals surface area (Å²) in [5.74, 6) is -0.0159. The Labute approximate surface area is 69.5 Å². The Kier molecular flexibility index (Phi) is 2.59. The lowest BCUT2D eigenvalue weighted by molar-refractivity contribution is -0.119. The Hall–Kier alpha value is -0.900. The van der Waals surface area contributed by atoms with E-state index in [4.69, 9.17) is 0 Å². The second kappa shape index (κ2) is 3.48. The molecule has 1 amide bonds. The van der Waals surface area contributed by atoms with Gasteiger partial charge < -0.3 is 5.32 Å². The number of hydrogen-bond acceptors (Lipinski definition) is 3. The second-order valence-electron chi connectivity index (χ2n) is 2.27. The zero-order valence-corrected chi connectivity index (χ0v) is 7.36. The molecule has 1 heterocycles. The molecule has 1 N–H and O–H groups in total. The molecular weight excluding hydrogens is 160 g/mol. The van der Waals surface area contributed by atoms with E-state index in [1.165, 1.54) is 11.8 Å². The topological polar surface area (TPSA) is 42.0 Å². The molecular formula is C7H10N2OS. The van der Waals surface area contributed by atoms with Crippen LogP contribution < -0.4 is 5.32 Å². The van der Waals surface area contributed by atoms with Gasteiger partial charge in [-0.25, -0.2) is 4.98 Å². The predicted molar refractivity (Wildman–Crippen MR) is 44.4 cm³/mol. The van der Waals surface area contributed by atoms with Crippen LogP contribution in [0.3, 0.4) is 0 Å². The van der Waals surface area contributed by atoms with E-state index in [0.29, 0.717) is 6.54 Å². The van der Waals surface area contributed by atoms with Gasteiger partial charge in [-0.2, -0.15) is 0 Å². The fourth-order valence-corrected chi connectivity index (χ4v) is 1.41. The molecule has 0 aliphatic rings. The molecule has 11 heavy (non-hydrogen) atoms. The minimum atomic E-state index is -0.0159. The highest BCUT2D eigenvalue weighted by atomic mass is 32.1. The second-order valence-corrected chi connectivity index (χ2v) is 3.59. The Balaban J connectivity index is 2.45. The van der Waals surface area contributed by atoms with E-state index in [9.17, 15) is 4.79 Å². The van der Waals surface area contributed by atoms with E-state index in [1.807, 2.05) is 13.1 Å². The first-order chi connectivity index (χ1) is 5.18. The lowest BCUT2D eigenvalue weighted by Gasteiger charge is -1.95. The lowest BCUT2D eigenvalue weighted by Crippen LogP contribution is -2.18. The van der Waals surface area contributed by atoms with E-state index >= 15 is 0 Å². The fourth-order valence-electron chi connectivity index (χ4n) is 0.683. The zero-order valence-electron chi connectivity index (χ0n) is 6.55. The van der Waals surface area contributed by atoms with Crippen molar-refractivity contribution < 1.29 is 4.79 Å². The Morgan fingerprint density at radius 3 is 3.00 bits per heavy atom. The Morgan fingerprint density at radius 1 is 1.82 bits per heavy atom. The van der Waals surface area contributed by atoms with Gasteiger partial charge in [0.1, 0.15) is 5.01 Å². The molecule has 0 atom stereocenters. The van der Waals surface area contributed by atoms with Gasteiger partial charge in [0.2, 0.25) is 5.91 Å². The van der Waals surface area contributed by atoms with Crippen molar-refractivity contribution in [3.63, 3.8) is 0 Å². The average molecular weight is 170 g/mol. The number of thiazole rings is 1. The first kappa shape index (κ1) is 8.20. The van der Waals surface area contributed by atoms with E-state index < -0.39 is 0 Å². The minimum Gasteiger partial charge on any atom is -0.350 e. The molecule has 1 rings (SSSR count). The Bertz CT molecular complexity index is 257. The van der Waals surface area contributed by atoms with Crippen LogP contribution >= 0.6 is 11.3 Å². The first-order valence-electron chi connectivity index (χ1n) is 3.34. The number of hydrogen-bond donors (Lipinski definition) is 1. The van der Waals surface area contributed by atoms with Crippen LogP contribution in [0.1, 0.15) is 16.8 Å². The van der Waals surface area contributed by atoms with Crippen LogP contribution in [0.25, 0.3) is 0 Å². The normalized spacial score (nSPS) is 9.64. The molecule has 0 saturated heterocycles. The lowest BCUT2D eigenvalue weighted by atomic mass is 10.6. The molecule has 0 spiro atoms. The number of carbonyl (C=O) groups excluding carboxylic acids is 1. The van der Waals surface area contributed by atoms with Gasteiger partial charge in [0.15, 0.2) is 0 Å². The summed E-state index contributed by atoms with van der Waals surface area (Å²) in [5, 5.41) is 3.64. The monoisotopic (exact) mass is 170 g/mol. The quantitative estimate of drug-likeness (QED) is 0.721. The van der Waals surface area contributed by atoms with Crippen LogP contribution in [0.15, 0.2) is 6.20 Å². The fraction of sp³-hybridized carbons (Fsp3) is 0.429. The maximum absolute atomic E-state index is 10.5. The SMILES string of the molecule is CC(=O)NCc1ncc(C)s1. The van der Waals surface area contributed by atoms with E-state index in [-0.39, 0.29) is 5.91 Å². The number of rotatable bonds is 2. The number of aromatic nitrogens is 1. The third kappa shape index (κ3) is 2.67. The molecule has 0 fully saturated rings. The van der Waals surface area contributed by atoms with Crippen LogP contribution in [0, 0.1) is 6.92 Å². The van der Waals surface area contributed by atoms with Crippen molar-refractivity contribution in [2.45, 2.75) is 20.4 Å². The number of aryl methyl sites for hydroxylation is 1. The molecule has 3 nitrogen and oxygen atoms in total. The van der Waals surface area contributed by atoms with Gasteiger partial charge in [-0.3, -0.25) is 4.79 Å². The van der Waals surface area contributed by atoms with Gasteiger partial charge in [-0.05, 0) is 6.92 Å². The summed E-state index contributed by atoms with van der Waals surface area (Å²) in [6, 6.07) is 0. The van der Waals surface area contributed by atoms with Crippen molar-refractivity contribution in [3.8, 4) is 0 Å². The summed E-state index contributed by atoms with van der Waals surface area (Å²) in [5.41, 5.74) is 0. The van der Waals surface area contributed by atoms with Crippen molar-refractivity contribution in [2.24, 2.45) is 0 Å². The van der Waals surface area contributed by atoms with Gasteiger partial charge in [0.25, 0.3) is 0 Å². The molecule has 0 radical (unpaired) electrons. The maximum Gasteiger partial charge on any atom is 0.217 e. The minimum absolute atomic E-state index is 0.0159. The molecule has 1 aromatic rings. The molecule has 0 aliphatic heterocycles. The maximum atomic E-state index is 10.5. The van der Waals surface area contributed by atoms with Gasteiger partial charge in [-0.1, -0.05) is 0 Å².